The van der Waals surface area contributed by atoms with E-state index in [9.17, 15) is 9.59 Å². The van der Waals surface area contributed by atoms with Gasteiger partial charge in [0.25, 0.3) is 5.56 Å². The number of ketones is 1. The number of hydrogen-bond acceptors (Lipinski definition) is 2. The van der Waals surface area contributed by atoms with Crippen LogP contribution in [0.2, 0.25) is 0 Å². The van der Waals surface area contributed by atoms with E-state index in [1.807, 2.05) is 30.3 Å². The van der Waals surface area contributed by atoms with Gasteiger partial charge in [0, 0.05) is 12.8 Å². The Kier molecular flexibility index (Phi) is 8.94. The van der Waals surface area contributed by atoms with Crippen molar-refractivity contribution in [3.05, 3.63) is 57.5 Å². The second-order valence-corrected chi connectivity index (χ2v) is 7.10. The summed E-state index contributed by atoms with van der Waals surface area (Å²) in [5, 5.41) is 5.45. The van der Waals surface area contributed by atoms with E-state index >= 15 is 0 Å². The summed E-state index contributed by atoms with van der Waals surface area (Å²) in [5.74, 6) is -0.0404. The summed E-state index contributed by atoms with van der Waals surface area (Å²) in [7, 11) is 0. The fraction of sp³-hybridized carbons (Fsp3) is 0.545. The average Bonchev–Trinajstić information content (AvgIpc) is 3.01. The van der Waals surface area contributed by atoms with E-state index in [-0.39, 0.29) is 11.3 Å². The SMILES string of the molecule is CCCCCCCCCCCC(=O)c1c(Cc2ccccc2)[nH][nH]c1=O. The van der Waals surface area contributed by atoms with Crippen LogP contribution in [0.3, 0.4) is 0 Å². The Morgan fingerprint density at radius 2 is 1.46 bits per heavy atom. The minimum absolute atomic E-state index is 0.0404. The number of rotatable bonds is 13. The van der Waals surface area contributed by atoms with Crippen LogP contribution in [-0.2, 0) is 6.42 Å². The van der Waals surface area contributed by atoms with Crippen molar-refractivity contribution in [2.75, 3.05) is 0 Å². The highest BCUT2D eigenvalue weighted by molar-refractivity contribution is 5.96. The van der Waals surface area contributed by atoms with E-state index in [2.05, 4.69) is 17.1 Å². The molecule has 1 aromatic heterocycles. The van der Waals surface area contributed by atoms with Gasteiger partial charge in [-0.1, -0.05) is 88.6 Å². The first kappa shape index (κ1) is 20.2. The third-order valence-electron chi connectivity index (χ3n) is 4.87. The first-order valence-corrected chi connectivity index (χ1v) is 10.1. The van der Waals surface area contributed by atoms with Crippen LogP contribution >= 0.6 is 0 Å². The molecule has 1 heterocycles. The van der Waals surface area contributed by atoms with Gasteiger partial charge in [0.2, 0.25) is 0 Å². The monoisotopic (exact) mass is 356 g/mol. The molecule has 0 saturated carbocycles. The van der Waals surface area contributed by atoms with E-state index in [1.165, 1.54) is 44.9 Å². The number of aromatic nitrogens is 2. The second kappa shape index (κ2) is 11.5. The Bertz CT molecular complexity index is 700. The summed E-state index contributed by atoms with van der Waals surface area (Å²) < 4.78 is 0. The summed E-state index contributed by atoms with van der Waals surface area (Å²) in [6.45, 7) is 2.23. The van der Waals surface area contributed by atoms with Crippen molar-refractivity contribution in [2.24, 2.45) is 0 Å². The van der Waals surface area contributed by atoms with Gasteiger partial charge in [-0.25, -0.2) is 0 Å². The van der Waals surface area contributed by atoms with Gasteiger partial charge in [0.1, 0.15) is 5.56 Å². The molecule has 0 aliphatic carbocycles. The van der Waals surface area contributed by atoms with Crippen molar-refractivity contribution in [3.63, 3.8) is 0 Å². The van der Waals surface area contributed by atoms with Gasteiger partial charge in [-0.15, -0.1) is 0 Å². The van der Waals surface area contributed by atoms with Crippen LogP contribution in [0.5, 0.6) is 0 Å². The maximum Gasteiger partial charge on any atom is 0.275 e. The van der Waals surface area contributed by atoms with Crippen molar-refractivity contribution in [2.45, 2.75) is 77.6 Å². The van der Waals surface area contributed by atoms with Crippen LogP contribution in [0, 0.1) is 0 Å². The first-order chi connectivity index (χ1) is 12.7. The average molecular weight is 357 g/mol. The van der Waals surface area contributed by atoms with Crippen LogP contribution in [0.15, 0.2) is 35.1 Å². The van der Waals surface area contributed by atoms with Gasteiger partial charge in [0.15, 0.2) is 5.78 Å². The summed E-state index contributed by atoms with van der Waals surface area (Å²) >= 11 is 0. The number of Topliss-reactive ketones (excluding diaryl/α,β-unsaturated/α-hetero) is 1. The first-order valence-electron chi connectivity index (χ1n) is 10.1. The van der Waals surface area contributed by atoms with Gasteiger partial charge >= 0.3 is 0 Å². The molecular weight excluding hydrogens is 324 g/mol. The van der Waals surface area contributed by atoms with Crippen LogP contribution in [0.25, 0.3) is 0 Å². The quantitative estimate of drug-likeness (QED) is 0.373. The minimum Gasteiger partial charge on any atom is -0.301 e. The molecule has 2 N–H and O–H groups in total. The molecule has 0 atom stereocenters. The number of hydrogen-bond donors (Lipinski definition) is 2. The topological polar surface area (TPSA) is 65.7 Å². The lowest BCUT2D eigenvalue weighted by Gasteiger charge is -2.04. The number of H-pyrrole nitrogens is 2. The number of nitrogens with one attached hydrogen (secondary N) is 2. The Labute approximate surface area is 156 Å². The lowest BCUT2D eigenvalue weighted by atomic mass is 10.0. The molecule has 0 bridgehead atoms. The number of carbonyl (C=O) groups excluding carboxylic acids is 1. The molecule has 1 aromatic carbocycles. The lowest BCUT2D eigenvalue weighted by molar-refractivity contribution is 0.0977. The van der Waals surface area contributed by atoms with E-state index < -0.39 is 0 Å². The molecular formula is C22H32N2O2. The van der Waals surface area contributed by atoms with Gasteiger partial charge in [-0.3, -0.25) is 14.7 Å². The number of benzene rings is 1. The summed E-state index contributed by atoms with van der Waals surface area (Å²) in [6, 6.07) is 9.88. The van der Waals surface area contributed by atoms with E-state index in [0.29, 0.717) is 24.1 Å². The Hall–Kier alpha value is -2.10. The number of aromatic amines is 2. The molecule has 0 unspecified atom stereocenters. The van der Waals surface area contributed by atoms with Crippen molar-refractivity contribution >= 4 is 5.78 Å². The van der Waals surface area contributed by atoms with Gasteiger partial charge < -0.3 is 5.10 Å². The van der Waals surface area contributed by atoms with E-state index in [1.54, 1.807) is 0 Å². The zero-order chi connectivity index (χ0) is 18.6. The third kappa shape index (κ3) is 6.66. The van der Waals surface area contributed by atoms with Crippen LogP contribution in [-0.4, -0.2) is 16.0 Å². The predicted molar refractivity (Wildman–Crippen MR) is 107 cm³/mol. The highest BCUT2D eigenvalue weighted by Gasteiger charge is 2.17. The molecule has 0 spiro atoms. The molecule has 4 nitrogen and oxygen atoms in total. The van der Waals surface area contributed by atoms with Crippen molar-refractivity contribution in [1.82, 2.24) is 10.2 Å². The minimum atomic E-state index is -0.295. The van der Waals surface area contributed by atoms with Crippen LogP contribution in [0.1, 0.15) is 92.7 Å². The molecule has 0 aliphatic heterocycles. The smallest absolute Gasteiger partial charge is 0.275 e. The maximum absolute atomic E-state index is 12.5. The fourth-order valence-corrected chi connectivity index (χ4v) is 3.34. The fourth-order valence-electron chi connectivity index (χ4n) is 3.34. The zero-order valence-corrected chi connectivity index (χ0v) is 16.0. The molecule has 0 amide bonds. The van der Waals surface area contributed by atoms with E-state index in [4.69, 9.17) is 0 Å². The lowest BCUT2D eigenvalue weighted by Crippen LogP contribution is -2.14. The largest absolute Gasteiger partial charge is 0.301 e. The van der Waals surface area contributed by atoms with Crippen LogP contribution in [0.4, 0.5) is 0 Å². The molecule has 4 heteroatoms. The second-order valence-electron chi connectivity index (χ2n) is 7.10. The van der Waals surface area contributed by atoms with Gasteiger partial charge in [-0.05, 0) is 12.0 Å². The molecule has 2 rings (SSSR count). The van der Waals surface area contributed by atoms with Crippen molar-refractivity contribution in [3.8, 4) is 0 Å². The molecule has 0 aliphatic rings. The molecule has 142 valence electrons. The third-order valence-corrected chi connectivity index (χ3v) is 4.87. The van der Waals surface area contributed by atoms with Gasteiger partial charge in [-0.2, -0.15) is 0 Å². The van der Waals surface area contributed by atoms with E-state index in [0.717, 1.165) is 18.4 Å². The van der Waals surface area contributed by atoms with Gasteiger partial charge in [0.05, 0.1) is 5.69 Å². The number of unbranched alkanes of at least 4 members (excludes halogenated alkanes) is 8. The Balaban J connectivity index is 1.74. The standard InChI is InChI=1S/C22H32N2O2/c1-2-3-4-5-6-7-8-9-13-16-20(25)21-19(23-24-22(21)26)17-18-14-11-10-12-15-18/h10-12,14-15H,2-9,13,16-17H2,1H3,(H2,23,24,26). The molecule has 26 heavy (non-hydrogen) atoms. The molecule has 0 fully saturated rings. The number of carbonyl (C=O) groups is 1. The molecule has 2 aromatic rings. The van der Waals surface area contributed by atoms with Crippen LogP contribution < -0.4 is 5.56 Å². The molecule has 0 radical (unpaired) electrons. The maximum atomic E-state index is 12.5. The van der Waals surface area contributed by atoms with Crippen molar-refractivity contribution < 1.29 is 4.79 Å². The highest BCUT2D eigenvalue weighted by Crippen LogP contribution is 2.14. The normalized spacial score (nSPS) is 11.0. The Morgan fingerprint density at radius 1 is 0.846 bits per heavy atom. The zero-order valence-electron chi connectivity index (χ0n) is 16.0. The highest BCUT2D eigenvalue weighted by atomic mass is 16.1. The summed E-state index contributed by atoms with van der Waals surface area (Å²) in [6.07, 6.45) is 12.0. The Morgan fingerprint density at radius 3 is 2.12 bits per heavy atom. The molecule has 0 saturated heterocycles. The predicted octanol–water partition coefficient (Wildman–Crippen LogP) is 5.40. The van der Waals surface area contributed by atoms with Crippen molar-refractivity contribution in [1.29, 1.82) is 0 Å². The summed E-state index contributed by atoms with van der Waals surface area (Å²) in [5.41, 5.74) is 1.80. The summed E-state index contributed by atoms with van der Waals surface area (Å²) in [4.78, 5) is 24.5.